The average Bonchev–Trinajstić information content (AvgIpc) is 2.63. The van der Waals surface area contributed by atoms with Crippen LogP contribution >= 0.6 is 0 Å². The average molecular weight is 387 g/mol. The summed E-state index contributed by atoms with van der Waals surface area (Å²) >= 11 is 0. The van der Waals surface area contributed by atoms with Gasteiger partial charge in [0.15, 0.2) is 0 Å². The zero-order valence-corrected chi connectivity index (χ0v) is 16.8. The van der Waals surface area contributed by atoms with Crippen LogP contribution in [0.25, 0.3) is 0 Å². The minimum atomic E-state index is -3.53. The van der Waals surface area contributed by atoms with Crippen molar-refractivity contribution in [3.63, 3.8) is 0 Å². The fraction of sp³-hybridized carbons (Fsp3) is 0.381. The smallest absolute Gasteiger partial charge is 0.255 e. The number of benzene rings is 2. The fourth-order valence-corrected chi connectivity index (χ4v) is 5.25. The molecule has 1 N–H and O–H groups in total. The summed E-state index contributed by atoms with van der Waals surface area (Å²) in [5, 5.41) is 2.82. The number of nitrogens with one attached hydrogen (secondary N) is 1. The first kappa shape index (κ1) is 19.6. The number of sulfonamides is 1. The van der Waals surface area contributed by atoms with Gasteiger partial charge in [0.2, 0.25) is 10.0 Å². The number of amides is 1. The molecule has 0 aliphatic carbocycles. The SMILES string of the molecule is Cc1ccc(NC(=O)c2ccc(S(=O)(=O)N3C[C@H](C)C[C@@H](C)C3)cc2)cc1. The summed E-state index contributed by atoms with van der Waals surface area (Å²) < 4.78 is 27.4. The number of carbonyl (C=O) groups is 1. The molecule has 0 aromatic heterocycles. The number of hydrogen-bond donors (Lipinski definition) is 1. The van der Waals surface area contributed by atoms with Crippen molar-refractivity contribution in [1.82, 2.24) is 4.31 Å². The monoisotopic (exact) mass is 386 g/mol. The molecule has 144 valence electrons. The van der Waals surface area contributed by atoms with Gasteiger partial charge in [-0.15, -0.1) is 0 Å². The van der Waals surface area contributed by atoms with E-state index in [0.29, 0.717) is 36.2 Å². The highest BCUT2D eigenvalue weighted by atomic mass is 32.2. The normalized spacial score (nSPS) is 21.0. The Balaban J connectivity index is 1.74. The summed E-state index contributed by atoms with van der Waals surface area (Å²) in [5.41, 5.74) is 2.25. The highest BCUT2D eigenvalue weighted by Crippen LogP contribution is 2.26. The van der Waals surface area contributed by atoms with E-state index in [0.717, 1.165) is 12.0 Å². The van der Waals surface area contributed by atoms with Crippen molar-refractivity contribution >= 4 is 21.6 Å². The summed E-state index contributed by atoms with van der Waals surface area (Å²) in [4.78, 5) is 12.6. The van der Waals surface area contributed by atoms with Crippen LogP contribution in [0, 0.1) is 18.8 Å². The molecule has 1 fully saturated rings. The summed E-state index contributed by atoms with van der Waals surface area (Å²) in [6.45, 7) is 7.23. The van der Waals surface area contributed by atoms with Gasteiger partial charge in [-0.1, -0.05) is 31.5 Å². The molecular formula is C21H26N2O3S. The molecule has 0 radical (unpaired) electrons. The van der Waals surface area contributed by atoms with E-state index in [2.05, 4.69) is 19.2 Å². The second-order valence-corrected chi connectivity index (χ2v) is 9.55. The summed E-state index contributed by atoms with van der Waals surface area (Å²) in [7, 11) is -3.53. The second kappa shape index (κ2) is 7.82. The van der Waals surface area contributed by atoms with Crippen molar-refractivity contribution in [2.24, 2.45) is 11.8 Å². The zero-order chi connectivity index (χ0) is 19.6. The van der Waals surface area contributed by atoms with Crippen LogP contribution in [0.3, 0.4) is 0 Å². The van der Waals surface area contributed by atoms with Gasteiger partial charge in [-0.25, -0.2) is 8.42 Å². The topological polar surface area (TPSA) is 66.5 Å². The minimum Gasteiger partial charge on any atom is -0.322 e. The molecule has 1 aliphatic rings. The maximum atomic E-state index is 12.9. The molecule has 5 nitrogen and oxygen atoms in total. The molecule has 1 amide bonds. The lowest BCUT2D eigenvalue weighted by Crippen LogP contribution is -2.42. The molecular weight excluding hydrogens is 360 g/mol. The fourth-order valence-electron chi connectivity index (χ4n) is 3.57. The number of aryl methyl sites for hydroxylation is 1. The Bertz CT molecular complexity index is 895. The Morgan fingerprint density at radius 1 is 0.963 bits per heavy atom. The van der Waals surface area contributed by atoms with Gasteiger partial charge in [-0.05, 0) is 61.6 Å². The van der Waals surface area contributed by atoms with Gasteiger partial charge in [0.1, 0.15) is 0 Å². The number of carbonyl (C=O) groups excluding carboxylic acids is 1. The van der Waals surface area contributed by atoms with Crippen molar-refractivity contribution in [3.8, 4) is 0 Å². The largest absolute Gasteiger partial charge is 0.322 e. The lowest BCUT2D eigenvalue weighted by molar-refractivity contribution is 0.102. The van der Waals surface area contributed by atoms with Crippen molar-refractivity contribution in [1.29, 1.82) is 0 Å². The van der Waals surface area contributed by atoms with E-state index in [4.69, 9.17) is 0 Å². The predicted octanol–water partition coefficient (Wildman–Crippen LogP) is 3.91. The Morgan fingerprint density at radius 3 is 2.07 bits per heavy atom. The van der Waals surface area contributed by atoms with Crippen LogP contribution < -0.4 is 5.32 Å². The van der Waals surface area contributed by atoms with Gasteiger partial charge < -0.3 is 5.32 Å². The molecule has 1 aliphatic heterocycles. The van der Waals surface area contributed by atoms with Gasteiger partial charge in [0, 0.05) is 24.3 Å². The van der Waals surface area contributed by atoms with E-state index in [1.807, 2.05) is 31.2 Å². The molecule has 0 saturated carbocycles. The molecule has 2 aromatic carbocycles. The Hall–Kier alpha value is -2.18. The third-order valence-electron chi connectivity index (χ3n) is 4.90. The molecule has 2 atom stereocenters. The molecule has 6 heteroatoms. The number of piperidine rings is 1. The minimum absolute atomic E-state index is 0.232. The van der Waals surface area contributed by atoms with E-state index in [-0.39, 0.29) is 10.8 Å². The van der Waals surface area contributed by atoms with Crippen LogP contribution in [-0.4, -0.2) is 31.7 Å². The number of rotatable bonds is 4. The van der Waals surface area contributed by atoms with Crippen LogP contribution in [0.1, 0.15) is 36.2 Å². The number of hydrogen-bond acceptors (Lipinski definition) is 3. The lowest BCUT2D eigenvalue weighted by atomic mass is 9.94. The molecule has 1 saturated heterocycles. The van der Waals surface area contributed by atoms with Crippen molar-refractivity contribution < 1.29 is 13.2 Å². The maximum absolute atomic E-state index is 12.9. The molecule has 2 aromatic rings. The number of anilines is 1. The van der Waals surface area contributed by atoms with Crippen LogP contribution in [-0.2, 0) is 10.0 Å². The maximum Gasteiger partial charge on any atom is 0.255 e. The standard InChI is InChI=1S/C21H26N2O3S/c1-15-4-8-19(9-5-15)22-21(24)18-6-10-20(11-7-18)27(25,26)23-13-16(2)12-17(3)14-23/h4-11,16-17H,12-14H2,1-3H3,(H,22,24)/t16-,17-/m1/s1. The van der Waals surface area contributed by atoms with Gasteiger partial charge in [-0.2, -0.15) is 4.31 Å². The third-order valence-corrected chi connectivity index (χ3v) is 6.74. The molecule has 0 spiro atoms. The highest BCUT2D eigenvalue weighted by molar-refractivity contribution is 7.89. The van der Waals surface area contributed by atoms with E-state index < -0.39 is 10.0 Å². The van der Waals surface area contributed by atoms with Gasteiger partial charge in [-0.3, -0.25) is 4.79 Å². The van der Waals surface area contributed by atoms with Crippen molar-refractivity contribution in [2.45, 2.75) is 32.1 Å². The summed E-state index contributed by atoms with van der Waals surface area (Å²) in [5.74, 6) is 0.439. The first-order valence-electron chi connectivity index (χ1n) is 9.24. The lowest BCUT2D eigenvalue weighted by Gasteiger charge is -2.34. The van der Waals surface area contributed by atoms with E-state index in [1.165, 1.54) is 12.1 Å². The Morgan fingerprint density at radius 2 is 1.52 bits per heavy atom. The Labute approximate surface area is 161 Å². The predicted molar refractivity (Wildman–Crippen MR) is 107 cm³/mol. The van der Waals surface area contributed by atoms with Gasteiger partial charge in [0.05, 0.1) is 4.90 Å². The van der Waals surface area contributed by atoms with Crippen molar-refractivity contribution in [3.05, 3.63) is 59.7 Å². The highest BCUT2D eigenvalue weighted by Gasteiger charge is 2.31. The first-order valence-corrected chi connectivity index (χ1v) is 10.7. The van der Waals surface area contributed by atoms with E-state index in [9.17, 15) is 13.2 Å². The first-order chi connectivity index (χ1) is 12.8. The molecule has 0 unspecified atom stereocenters. The second-order valence-electron chi connectivity index (χ2n) is 7.61. The molecule has 0 bridgehead atoms. The van der Waals surface area contributed by atoms with Crippen LogP contribution in [0.4, 0.5) is 5.69 Å². The molecule has 3 rings (SSSR count). The number of nitrogens with zero attached hydrogens (tertiary/aromatic N) is 1. The quantitative estimate of drug-likeness (QED) is 0.866. The van der Waals surface area contributed by atoms with Crippen molar-refractivity contribution in [2.75, 3.05) is 18.4 Å². The molecule has 27 heavy (non-hydrogen) atoms. The van der Waals surface area contributed by atoms with E-state index >= 15 is 0 Å². The molecule has 1 heterocycles. The Kier molecular flexibility index (Phi) is 5.67. The van der Waals surface area contributed by atoms with E-state index in [1.54, 1.807) is 16.4 Å². The van der Waals surface area contributed by atoms with Crippen LogP contribution in [0.5, 0.6) is 0 Å². The zero-order valence-electron chi connectivity index (χ0n) is 16.0. The van der Waals surface area contributed by atoms with Crippen LogP contribution in [0.15, 0.2) is 53.4 Å². The van der Waals surface area contributed by atoms with Gasteiger partial charge in [0.25, 0.3) is 5.91 Å². The third kappa shape index (κ3) is 4.57. The summed E-state index contributed by atoms with van der Waals surface area (Å²) in [6.07, 6.45) is 1.05. The summed E-state index contributed by atoms with van der Waals surface area (Å²) in [6, 6.07) is 13.7. The van der Waals surface area contributed by atoms with Crippen LogP contribution in [0.2, 0.25) is 0 Å². The van der Waals surface area contributed by atoms with Gasteiger partial charge >= 0.3 is 0 Å².